The molecule has 21 aromatic carbocycles. The SMILES string of the molecule is c1ccc(-c2ccc(N(c3ccc(-c4cccc5c4-c4ccccc4C54c5ccccc5-c5ccccc5-c5ccccc54)cc3)c3cccc4c3Oc3ccccc3-c3ccccc3-4)cc2)cc1.c1ccc(-c2ccc(N(c3cccc4c3Oc3ccccc3-c3ccccc3-4)c3cccc4c3-c3ccccc3C43c4ccccc4-c4ccccc4-c4ccccc43)cc2)cc1. The number of nitrogens with zero attached hydrogens (tertiary/aromatic N) is 2. The van der Waals surface area contributed by atoms with Crippen LogP contribution < -0.4 is 19.3 Å². The molecule has 0 amide bonds. The summed E-state index contributed by atoms with van der Waals surface area (Å²) in [6.45, 7) is 0. The standard InChI is InChI=1S/C67H43NO.C61H39NO/c1-2-18-44(19-3-1)45-36-40-47(41-37-45)68(63-34-17-29-57-53-23-7-6-22-52(53)56-26-11-15-35-64(56)69-66(57)63)48-42-38-46(39-43-48)49-28-16-33-62-65(49)58-27-10-14-32-61(58)67(62)59-30-12-8-24-54(59)50-20-4-5-21-51(50)55-25-9-13-31-60(55)67;1-2-18-40(19-3-1)41-36-38-42(39-37-41)62(57-34-16-28-50-46-23-7-6-22-45(46)49-26-11-15-35-58(49)63-60(50)57)56-33-17-32-55-59(56)51-27-10-14-31-54(51)61(55)52-29-12-8-24-47(52)43-20-4-5-21-44(43)48-25-9-13-30-53(48)61/h1-43H;1-39H. The van der Waals surface area contributed by atoms with Gasteiger partial charge >= 0.3 is 0 Å². The molecule has 2 spiro atoms. The molecule has 0 saturated heterocycles. The first-order valence-corrected chi connectivity index (χ1v) is 45.6. The Kier molecular flexibility index (Phi) is 17.8. The van der Waals surface area contributed by atoms with E-state index in [1.165, 1.54) is 139 Å². The lowest BCUT2D eigenvalue weighted by Crippen LogP contribution is -2.29. The maximum Gasteiger partial charge on any atom is 0.159 e. The topological polar surface area (TPSA) is 24.9 Å². The van der Waals surface area contributed by atoms with Crippen LogP contribution in [0.2, 0.25) is 0 Å². The highest BCUT2D eigenvalue weighted by molar-refractivity contribution is 6.06. The lowest BCUT2D eigenvalue weighted by Gasteiger charge is -2.36. The minimum atomic E-state index is -0.612. The Morgan fingerprint density at radius 1 is 0.136 bits per heavy atom. The molecule has 0 bridgehead atoms. The summed E-state index contributed by atoms with van der Waals surface area (Å²) in [5.74, 6) is 3.32. The van der Waals surface area contributed by atoms with Crippen molar-refractivity contribution in [3.8, 4) is 168 Å². The molecule has 0 saturated carbocycles. The lowest BCUT2D eigenvalue weighted by molar-refractivity contribution is 0.488. The lowest BCUT2D eigenvalue weighted by atomic mass is 9.66. The van der Waals surface area contributed by atoms with Gasteiger partial charge in [0.05, 0.1) is 27.9 Å². The molecule has 132 heavy (non-hydrogen) atoms. The summed E-state index contributed by atoms with van der Waals surface area (Å²) in [5, 5.41) is 0. The Hall–Kier alpha value is -17.2. The van der Waals surface area contributed by atoms with Gasteiger partial charge < -0.3 is 19.3 Å². The molecule has 6 aliphatic rings. The highest BCUT2D eigenvalue weighted by atomic mass is 16.5. The number of para-hydroxylation sites is 4. The molecule has 0 fully saturated rings. The van der Waals surface area contributed by atoms with Crippen LogP contribution in [0.3, 0.4) is 0 Å². The number of hydrogen-bond donors (Lipinski definition) is 0. The first kappa shape index (κ1) is 76.1. The van der Waals surface area contributed by atoms with Gasteiger partial charge in [-0.2, -0.15) is 0 Å². The van der Waals surface area contributed by atoms with Crippen molar-refractivity contribution in [2.24, 2.45) is 0 Å². The predicted molar refractivity (Wildman–Crippen MR) is 544 cm³/mol. The third-order valence-electron chi connectivity index (χ3n) is 28.3. The molecule has 616 valence electrons. The number of fused-ring (bicyclic) bond motifs is 34. The summed E-state index contributed by atoms with van der Waals surface area (Å²) in [5.41, 5.74) is 46.4. The third kappa shape index (κ3) is 11.6. The molecular formula is C128H82N2O2. The summed E-state index contributed by atoms with van der Waals surface area (Å²) < 4.78 is 14.3. The van der Waals surface area contributed by atoms with Crippen LogP contribution in [0, 0.1) is 0 Å². The summed E-state index contributed by atoms with van der Waals surface area (Å²) >= 11 is 0. The number of anilines is 6. The maximum atomic E-state index is 7.24. The van der Waals surface area contributed by atoms with E-state index in [-0.39, 0.29) is 0 Å². The zero-order chi connectivity index (χ0) is 87.0. The Bertz CT molecular complexity index is 8080. The second-order valence-corrected chi connectivity index (χ2v) is 34.9. The molecule has 0 radical (unpaired) electrons. The van der Waals surface area contributed by atoms with Gasteiger partial charge in [0, 0.05) is 44.9 Å². The van der Waals surface area contributed by atoms with E-state index in [2.05, 4.69) is 507 Å². The van der Waals surface area contributed by atoms with Crippen molar-refractivity contribution >= 4 is 34.1 Å². The van der Waals surface area contributed by atoms with Crippen LogP contribution in [-0.4, -0.2) is 0 Å². The van der Waals surface area contributed by atoms with Crippen LogP contribution >= 0.6 is 0 Å². The highest BCUT2D eigenvalue weighted by Crippen LogP contribution is 2.67. The van der Waals surface area contributed by atoms with Crippen molar-refractivity contribution in [3.05, 3.63) is 542 Å². The molecule has 0 N–H and O–H groups in total. The van der Waals surface area contributed by atoms with Gasteiger partial charge in [0.25, 0.3) is 0 Å². The van der Waals surface area contributed by atoms with Crippen LogP contribution in [-0.2, 0) is 10.8 Å². The second-order valence-electron chi connectivity index (χ2n) is 34.9. The van der Waals surface area contributed by atoms with Crippen molar-refractivity contribution < 1.29 is 9.47 Å². The largest absolute Gasteiger partial charge is 0.454 e. The molecule has 4 aliphatic carbocycles. The molecule has 0 atom stereocenters. The van der Waals surface area contributed by atoms with E-state index < -0.39 is 10.8 Å². The van der Waals surface area contributed by atoms with E-state index in [0.29, 0.717) is 0 Å². The van der Waals surface area contributed by atoms with Crippen molar-refractivity contribution in [2.75, 3.05) is 9.80 Å². The molecule has 27 rings (SSSR count). The summed E-state index contributed by atoms with van der Waals surface area (Å²) in [6.07, 6.45) is 0. The summed E-state index contributed by atoms with van der Waals surface area (Å²) in [7, 11) is 0. The minimum Gasteiger partial charge on any atom is -0.454 e. The Morgan fingerprint density at radius 3 is 0.765 bits per heavy atom. The third-order valence-corrected chi connectivity index (χ3v) is 28.3. The molecular weight excluding hydrogens is 1600 g/mol. The fourth-order valence-corrected chi connectivity index (χ4v) is 22.8. The van der Waals surface area contributed by atoms with E-state index >= 15 is 0 Å². The van der Waals surface area contributed by atoms with Crippen molar-refractivity contribution in [3.63, 3.8) is 0 Å². The first-order chi connectivity index (χ1) is 65.5. The molecule has 4 nitrogen and oxygen atoms in total. The van der Waals surface area contributed by atoms with Crippen molar-refractivity contribution in [1.29, 1.82) is 0 Å². The number of ether oxygens (including phenoxy) is 2. The maximum absolute atomic E-state index is 7.24. The van der Waals surface area contributed by atoms with Gasteiger partial charge in [-0.15, -0.1) is 0 Å². The van der Waals surface area contributed by atoms with E-state index in [0.717, 1.165) is 107 Å². The fraction of sp³-hybridized carbons (Fsp3) is 0.0156. The monoisotopic (exact) mass is 1680 g/mol. The summed E-state index contributed by atoms with van der Waals surface area (Å²) in [6, 6.07) is 182. The van der Waals surface area contributed by atoms with Gasteiger partial charge in [0.2, 0.25) is 0 Å². The normalized spacial score (nSPS) is 12.9. The van der Waals surface area contributed by atoms with Crippen LogP contribution in [0.1, 0.15) is 44.5 Å². The molecule has 2 heterocycles. The smallest absolute Gasteiger partial charge is 0.159 e. The fourth-order valence-electron chi connectivity index (χ4n) is 22.8. The number of hydrogen-bond acceptors (Lipinski definition) is 4. The zero-order valence-corrected chi connectivity index (χ0v) is 72.1. The van der Waals surface area contributed by atoms with Crippen LogP contribution in [0.5, 0.6) is 23.0 Å². The Labute approximate surface area is 768 Å². The van der Waals surface area contributed by atoms with Gasteiger partial charge in [-0.3, -0.25) is 0 Å². The average Bonchev–Trinajstić information content (AvgIpc) is 1.52. The Morgan fingerprint density at radius 2 is 0.371 bits per heavy atom. The van der Waals surface area contributed by atoms with Gasteiger partial charge in [-0.1, -0.05) is 431 Å². The molecule has 2 aliphatic heterocycles. The van der Waals surface area contributed by atoms with Crippen molar-refractivity contribution in [1.82, 2.24) is 0 Å². The molecule has 0 aromatic heterocycles. The number of rotatable bonds is 9. The molecule has 0 unspecified atom stereocenters. The van der Waals surface area contributed by atoms with Crippen LogP contribution in [0.25, 0.3) is 145 Å². The van der Waals surface area contributed by atoms with E-state index in [1.807, 2.05) is 0 Å². The first-order valence-electron chi connectivity index (χ1n) is 45.6. The van der Waals surface area contributed by atoms with Crippen LogP contribution in [0.4, 0.5) is 34.1 Å². The molecule has 4 heteroatoms. The second kappa shape index (κ2) is 30.8. The minimum absolute atomic E-state index is 0.543. The highest BCUT2D eigenvalue weighted by Gasteiger charge is 2.53. The van der Waals surface area contributed by atoms with E-state index in [9.17, 15) is 0 Å². The van der Waals surface area contributed by atoms with E-state index in [1.54, 1.807) is 0 Å². The van der Waals surface area contributed by atoms with Gasteiger partial charge in [-0.25, -0.2) is 0 Å². The molecule has 21 aromatic rings. The quantitative estimate of drug-likeness (QED) is 0.144. The van der Waals surface area contributed by atoms with Crippen LogP contribution in [0.15, 0.2) is 497 Å². The van der Waals surface area contributed by atoms with Gasteiger partial charge in [0.15, 0.2) is 11.5 Å². The summed E-state index contributed by atoms with van der Waals surface area (Å²) in [4.78, 5) is 4.80. The number of benzene rings is 21. The van der Waals surface area contributed by atoms with Crippen molar-refractivity contribution in [2.45, 2.75) is 10.8 Å². The predicted octanol–water partition coefficient (Wildman–Crippen LogP) is 34.2. The van der Waals surface area contributed by atoms with Gasteiger partial charge in [0.1, 0.15) is 11.5 Å². The van der Waals surface area contributed by atoms with E-state index in [4.69, 9.17) is 9.47 Å². The average molecular weight is 1680 g/mol. The van der Waals surface area contributed by atoms with Gasteiger partial charge in [-0.05, 0) is 228 Å². The zero-order valence-electron chi connectivity index (χ0n) is 72.1. The Balaban J connectivity index is 0.000000139.